The molecule has 0 unspecified atom stereocenters. The van der Waals surface area contributed by atoms with Crippen LogP contribution in [-0.4, -0.2) is 9.49 Å². The highest BCUT2D eigenvalue weighted by molar-refractivity contribution is 9.10. The summed E-state index contributed by atoms with van der Waals surface area (Å²) < 4.78 is 2.95. The number of hydrogen-bond donors (Lipinski definition) is 0. The van der Waals surface area contributed by atoms with Gasteiger partial charge in [0.2, 0.25) is 0 Å². The van der Waals surface area contributed by atoms with Crippen LogP contribution in [0.4, 0.5) is 5.69 Å². The number of nitro benzene ring substituents is 1. The average molecular weight is 366 g/mol. The van der Waals surface area contributed by atoms with Crippen LogP contribution in [0.25, 0.3) is 10.9 Å². The Morgan fingerprint density at radius 1 is 1.19 bits per heavy atom. The fraction of sp³-hybridized carbons (Fsp3) is 0.0667. The minimum atomic E-state index is -0.400. The van der Waals surface area contributed by atoms with Crippen LogP contribution in [0.1, 0.15) is 5.56 Å². The van der Waals surface area contributed by atoms with Crippen molar-refractivity contribution in [2.24, 2.45) is 0 Å². The van der Waals surface area contributed by atoms with Gasteiger partial charge in [0.1, 0.15) is 0 Å². The Kier molecular flexibility index (Phi) is 3.69. The standard InChI is InChI=1S/C15H10BrClN2O2/c16-12-3-1-5-14-10(12)7-8-18(14)9-11-13(17)4-2-6-15(11)19(20)21/h1-8H,9H2. The van der Waals surface area contributed by atoms with Crippen LogP contribution in [0.15, 0.2) is 53.1 Å². The van der Waals surface area contributed by atoms with Crippen LogP contribution in [0.3, 0.4) is 0 Å². The summed E-state index contributed by atoms with van der Waals surface area (Å²) in [6.45, 7) is 0.357. The second-order valence-corrected chi connectivity index (χ2v) is 5.87. The van der Waals surface area contributed by atoms with Crippen molar-refractivity contribution in [2.45, 2.75) is 6.54 Å². The maximum absolute atomic E-state index is 11.2. The zero-order chi connectivity index (χ0) is 15.0. The highest BCUT2D eigenvalue weighted by Gasteiger charge is 2.17. The van der Waals surface area contributed by atoms with Crippen molar-refractivity contribution in [1.29, 1.82) is 0 Å². The zero-order valence-corrected chi connectivity index (χ0v) is 13.1. The van der Waals surface area contributed by atoms with E-state index in [1.165, 1.54) is 6.07 Å². The van der Waals surface area contributed by atoms with Gasteiger partial charge in [-0.1, -0.05) is 39.7 Å². The van der Waals surface area contributed by atoms with E-state index in [2.05, 4.69) is 15.9 Å². The van der Waals surface area contributed by atoms with Gasteiger partial charge in [-0.3, -0.25) is 10.1 Å². The molecular formula is C15H10BrClN2O2. The van der Waals surface area contributed by atoms with Gasteiger partial charge in [-0.25, -0.2) is 0 Å². The molecule has 0 N–H and O–H groups in total. The Balaban J connectivity index is 2.11. The first-order chi connectivity index (χ1) is 10.1. The molecule has 0 saturated heterocycles. The molecule has 1 heterocycles. The molecule has 3 aromatic rings. The molecule has 0 spiro atoms. The van der Waals surface area contributed by atoms with Crippen LogP contribution in [0.2, 0.25) is 5.02 Å². The molecular weight excluding hydrogens is 356 g/mol. The monoisotopic (exact) mass is 364 g/mol. The number of nitrogens with zero attached hydrogens (tertiary/aromatic N) is 2. The third-order valence-electron chi connectivity index (χ3n) is 3.38. The largest absolute Gasteiger partial charge is 0.343 e. The maximum Gasteiger partial charge on any atom is 0.275 e. The van der Waals surface area contributed by atoms with Crippen LogP contribution >= 0.6 is 27.5 Å². The molecule has 0 bridgehead atoms. The van der Waals surface area contributed by atoms with Crippen molar-refractivity contribution in [3.63, 3.8) is 0 Å². The van der Waals surface area contributed by atoms with Gasteiger partial charge < -0.3 is 4.57 Å². The van der Waals surface area contributed by atoms with Crippen LogP contribution in [0.5, 0.6) is 0 Å². The van der Waals surface area contributed by atoms with Crippen molar-refractivity contribution in [2.75, 3.05) is 0 Å². The van der Waals surface area contributed by atoms with E-state index in [0.29, 0.717) is 17.1 Å². The van der Waals surface area contributed by atoms with Gasteiger partial charge in [0.25, 0.3) is 5.69 Å². The third kappa shape index (κ3) is 2.54. The minimum Gasteiger partial charge on any atom is -0.343 e. The SMILES string of the molecule is O=[N+]([O-])c1cccc(Cl)c1Cn1ccc2c(Br)cccc21. The number of aromatic nitrogens is 1. The van der Waals surface area contributed by atoms with Gasteiger partial charge in [0.05, 0.1) is 22.1 Å². The molecule has 0 radical (unpaired) electrons. The lowest BCUT2D eigenvalue weighted by atomic mass is 10.1. The fourth-order valence-corrected chi connectivity index (χ4v) is 3.09. The molecule has 6 heteroatoms. The van der Waals surface area contributed by atoms with Crippen molar-refractivity contribution >= 4 is 44.1 Å². The van der Waals surface area contributed by atoms with E-state index in [1.807, 2.05) is 35.0 Å². The van der Waals surface area contributed by atoms with Gasteiger partial charge in [0.15, 0.2) is 0 Å². The summed E-state index contributed by atoms with van der Waals surface area (Å²) in [5.74, 6) is 0. The Hall–Kier alpha value is -1.85. The minimum absolute atomic E-state index is 0.0411. The Morgan fingerprint density at radius 3 is 2.71 bits per heavy atom. The second-order valence-electron chi connectivity index (χ2n) is 4.61. The normalized spacial score (nSPS) is 11.0. The number of benzene rings is 2. The average Bonchev–Trinajstić information content (AvgIpc) is 2.85. The number of nitro groups is 1. The predicted molar refractivity (Wildman–Crippen MR) is 86.8 cm³/mol. The first-order valence-corrected chi connectivity index (χ1v) is 7.40. The van der Waals surface area contributed by atoms with Crippen LogP contribution < -0.4 is 0 Å². The molecule has 0 fully saturated rings. The smallest absolute Gasteiger partial charge is 0.275 e. The van der Waals surface area contributed by atoms with E-state index in [9.17, 15) is 10.1 Å². The Labute approximate surface area is 134 Å². The van der Waals surface area contributed by atoms with Crippen molar-refractivity contribution in [3.8, 4) is 0 Å². The molecule has 0 aliphatic heterocycles. The summed E-state index contributed by atoms with van der Waals surface area (Å²) in [6.07, 6.45) is 1.91. The number of rotatable bonds is 3. The van der Waals surface area contributed by atoms with E-state index in [4.69, 9.17) is 11.6 Å². The summed E-state index contributed by atoms with van der Waals surface area (Å²) in [7, 11) is 0. The van der Waals surface area contributed by atoms with E-state index < -0.39 is 4.92 Å². The lowest BCUT2D eigenvalue weighted by Crippen LogP contribution is -2.03. The molecule has 0 saturated carbocycles. The lowest BCUT2D eigenvalue weighted by molar-refractivity contribution is -0.385. The lowest BCUT2D eigenvalue weighted by Gasteiger charge is -2.08. The summed E-state index contributed by atoms with van der Waals surface area (Å²) >= 11 is 9.65. The number of hydrogen-bond acceptors (Lipinski definition) is 2. The summed E-state index contributed by atoms with van der Waals surface area (Å²) in [5, 5.41) is 12.6. The summed E-state index contributed by atoms with van der Waals surface area (Å²) in [5.41, 5.74) is 1.56. The molecule has 0 aliphatic rings. The molecule has 21 heavy (non-hydrogen) atoms. The topological polar surface area (TPSA) is 48.1 Å². The second kappa shape index (κ2) is 5.50. The van der Waals surface area contributed by atoms with Crippen LogP contribution in [-0.2, 0) is 6.54 Å². The number of fused-ring (bicyclic) bond motifs is 1. The molecule has 0 amide bonds. The molecule has 0 aliphatic carbocycles. The molecule has 0 atom stereocenters. The van der Waals surface area contributed by atoms with E-state index >= 15 is 0 Å². The summed E-state index contributed by atoms with van der Waals surface area (Å²) in [4.78, 5) is 10.8. The predicted octanol–water partition coefficient (Wildman–Crippen LogP) is 5.01. The zero-order valence-electron chi connectivity index (χ0n) is 10.8. The van der Waals surface area contributed by atoms with Crippen LogP contribution in [0, 0.1) is 10.1 Å². The van der Waals surface area contributed by atoms with E-state index in [1.54, 1.807) is 12.1 Å². The first kappa shape index (κ1) is 14.1. The van der Waals surface area contributed by atoms with E-state index in [0.717, 1.165) is 15.4 Å². The fourth-order valence-electron chi connectivity index (χ4n) is 2.37. The highest BCUT2D eigenvalue weighted by Crippen LogP contribution is 2.30. The van der Waals surface area contributed by atoms with Gasteiger partial charge in [-0.15, -0.1) is 0 Å². The molecule has 4 nitrogen and oxygen atoms in total. The number of halogens is 2. The van der Waals surface area contributed by atoms with Gasteiger partial charge in [-0.2, -0.15) is 0 Å². The van der Waals surface area contributed by atoms with Crippen molar-refractivity contribution in [1.82, 2.24) is 4.57 Å². The Morgan fingerprint density at radius 2 is 1.95 bits per heavy atom. The van der Waals surface area contributed by atoms with Gasteiger partial charge >= 0.3 is 0 Å². The molecule has 2 aromatic carbocycles. The molecule has 1 aromatic heterocycles. The Bertz CT molecular complexity index is 845. The van der Waals surface area contributed by atoms with Gasteiger partial charge in [-0.05, 0) is 24.3 Å². The molecule has 3 rings (SSSR count). The van der Waals surface area contributed by atoms with Crippen molar-refractivity contribution in [3.05, 3.63) is 73.8 Å². The van der Waals surface area contributed by atoms with Crippen molar-refractivity contribution < 1.29 is 4.92 Å². The maximum atomic E-state index is 11.2. The van der Waals surface area contributed by atoms with Gasteiger partial charge in [0, 0.05) is 27.6 Å². The van der Waals surface area contributed by atoms with E-state index in [-0.39, 0.29) is 5.69 Å². The quantitative estimate of drug-likeness (QED) is 0.483. The highest BCUT2D eigenvalue weighted by atomic mass is 79.9. The first-order valence-electron chi connectivity index (χ1n) is 6.23. The third-order valence-corrected chi connectivity index (χ3v) is 4.43. The summed E-state index contributed by atoms with van der Waals surface area (Å²) in [6, 6.07) is 12.6. The molecule has 106 valence electrons.